The molecule has 0 unspecified atom stereocenters. The predicted octanol–water partition coefficient (Wildman–Crippen LogP) is 4.11. The van der Waals surface area contributed by atoms with Crippen molar-refractivity contribution in [2.45, 2.75) is 57.4 Å². The number of carbonyl (C=O) groups excluding carboxylic acids is 1. The van der Waals surface area contributed by atoms with E-state index >= 15 is 0 Å². The molecule has 1 amide bonds. The smallest absolute Gasteiger partial charge is 0.252 e. The zero-order chi connectivity index (χ0) is 22.0. The molecule has 2 aliphatic carbocycles. The highest BCUT2D eigenvalue weighted by atomic mass is 19.1. The molecule has 8 nitrogen and oxygen atoms in total. The Balaban J connectivity index is 1.64. The Morgan fingerprint density at radius 3 is 2.77 bits per heavy atom. The van der Waals surface area contributed by atoms with Crippen LogP contribution >= 0.6 is 0 Å². The molecule has 31 heavy (non-hydrogen) atoms. The first-order valence-corrected chi connectivity index (χ1v) is 10.7. The molecule has 2 aromatic rings. The van der Waals surface area contributed by atoms with Gasteiger partial charge < -0.3 is 26.5 Å². The van der Waals surface area contributed by atoms with Gasteiger partial charge in [0.2, 0.25) is 5.88 Å². The SMILES string of the molecule is CCOc1ncc(Nc2nc(N[C@@H]3CCCCC3=N)c(F)cc2C(N)=O)cc1C1CC1. The number of pyridine rings is 2. The molecule has 0 aliphatic heterocycles. The molecule has 2 saturated carbocycles. The Labute approximate surface area is 180 Å². The van der Waals surface area contributed by atoms with Crippen LogP contribution in [0.4, 0.5) is 21.7 Å². The Morgan fingerprint density at radius 2 is 2.10 bits per heavy atom. The molecule has 4 rings (SSSR count). The molecule has 2 aromatic heterocycles. The van der Waals surface area contributed by atoms with E-state index in [4.69, 9.17) is 15.9 Å². The molecule has 0 bridgehead atoms. The maximum atomic E-state index is 14.7. The molecular weight excluding hydrogens is 399 g/mol. The fourth-order valence-corrected chi connectivity index (χ4v) is 3.83. The van der Waals surface area contributed by atoms with Crippen LogP contribution in [0.15, 0.2) is 18.3 Å². The molecule has 164 valence electrons. The summed E-state index contributed by atoms with van der Waals surface area (Å²) in [7, 11) is 0. The number of nitrogens with zero attached hydrogens (tertiary/aromatic N) is 2. The van der Waals surface area contributed by atoms with Gasteiger partial charge in [0, 0.05) is 11.3 Å². The standard InChI is InChI=1S/C22H27FN6O2/c1-2-31-22-14(12-7-8-12)9-13(11-26-22)27-20-15(19(25)30)10-16(23)21(29-20)28-18-6-4-3-5-17(18)24/h9-12,18,24H,2-8H2,1H3,(H2,25,30)(H2,27,28,29)/t18-/m1/s1. The molecule has 0 aromatic carbocycles. The van der Waals surface area contributed by atoms with Crippen molar-refractivity contribution in [3.8, 4) is 5.88 Å². The summed E-state index contributed by atoms with van der Waals surface area (Å²) in [5.41, 5.74) is 7.57. The number of carbonyl (C=O) groups is 1. The third-order valence-corrected chi connectivity index (χ3v) is 5.60. The van der Waals surface area contributed by atoms with Gasteiger partial charge in [-0.15, -0.1) is 0 Å². The Hall–Kier alpha value is -3.23. The fraction of sp³-hybridized carbons (Fsp3) is 0.455. The molecular formula is C22H27FN6O2. The minimum atomic E-state index is -0.785. The molecule has 5 N–H and O–H groups in total. The van der Waals surface area contributed by atoms with Crippen LogP contribution in [0.1, 0.15) is 67.3 Å². The number of halogens is 1. The lowest BCUT2D eigenvalue weighted by Gasteiger charge is -2.25. The van der Waals surface area contributed by atoms with E-state index in [1.54, 1.807) is 6.20 Å². The van der Waals surface area contributed by atoms with Crippen molar-refractivity contribution >= 4 is 28.9 Å². The second-order valence-corrected chi connectivity index (χ2v) is 8.00. The number of amides is 1. The number of primary amides is 1. The van der Waals surface area contributed by atoms with E-state index in [1.807, 2.05) is 13.0 Å². The van der Waals surface area contributed by atoms with E-state index < -0.39 is 11.7 Å². The largest absolute Gasteiger partial charge is 0.478 e. The van der Waals surface area contributed by atoms with Crippen molar-refractivity contribution in [1.82, 2.24) is 9.97 Å². The topological polar surface area (TPSA) is 126 Å². The van der Waals surface area contributed by atoms with E-state index in [1.165, 1.54) is 0 Å². The average molecular weight is 426 g/mol. The van der Waals surface area contributed by atoms with Gasteiger partial charge in [0.05, 0.1) is 30.1 Å². The first-order valence-electron chi connectivity index (χ1n) is 10.7. The molecule has 2 fully saturated rings. The monoisotopic (exact) mass is 426 g/mol. The normalized spacial score (nSPS) is 18.5. The first-order chi connectivity index (χ1) is 15.0. The van der Waals surface area contributed by atoms with Crippen molar-refractivity contribution in [3.05, 3.63) is 35.3 Å². The number of anilines is 3. The summed E-state index contributed by atoms with van der Waals surface area (Å²) in [6.45, 7) is 2.43. The number of nitrogens with one attached hydrogen (secondary N) is 3. The van der Waals surface area contributed by atoms with Crippen LogP contribution in [0.3, 0.4) is 0 Å². The van der Waals surface area contributed by atoms with Gasteiger partial charge in [0.25, 0.3) is 5.91 Å². The molecule has 2 heterocycles. The van der Waals surface area contributed by atoms with Gasteiger partial charge in [-0.2, -0.15) is 0 Å². The van der Waals surface area contributed by atoms with Crippen molar-refractivity contribution < 1.29 is 13.9 Å². The molecule has 1 atom stereocenters. The number of hydrogen-bond donors (Lipinski definition) is 4. The molecule has 2 aliphatic rings. The Morgan fingerprint density at radius 1 is 1.29 bits per heavy atom. The van der Waals surface area contributed by atoms with Crippen LogP contribution in [0, 0.1) is 11.2 Å². The van der Waals surface area contributed by atoms with Crippen LogP contribution in [0.25, 0.3) is 0 Å². The van der Waals surface area contributed by atoms with Gasteiger partial charge in [-0.3, -0.25) is 4.79 Å². The van der Waals surface area contributed by atoms with Crippen molar-refractivity contribution in [2.75, 3.05) is 17.2 Å². The summed E-state index contributed by atoms with van der Waals surface area (Å²) in [6, 6.07) is 2.74. The Kier molecular flexibility index (Phi) is 6.01. The average Bonchev–Trinajstić information content (AvgIpc) is 3.58. The minimum Gasteiger partial charge on any atom is -0.478 e. The van der Waals surface area contributed by atoms with E-state index in [9.17, 15) is 9.18 Å². The van der Waals surface area contributed by atoms with Crippen molar-refractivity contribution in [1.29, 1.82) is 5.41 Å². The van der Waals surface area contributed by atoms with Crippen molar-refractivity contribution in [3.63, 3.8) is 0 Å². The van der Waals surface area contributed by atoms with Gasteiger partial charge in [0.1, 0.15) is 5.82 Å². The van der Waals surface area contributed by atoms with E-state index in [0.29, 0.717) is 36.2 Å². The van der Waals surface area contributed by atoms with Crippen LogP contribution in [0.5, 0.6) is 5.88 Å². The molecule has 0 radical (unpaired) electrons. The molecule has 0 spiro atoms. The van der Waals surface area contributed by atoms with E-state index in [-0.39, 0.29) is 23.2 Å². The van der Waals surface area contributed by atoms with E-state index in [0.717, 1.165) is 43.7 Å². The number of nitrogens with two attached hydrogens (primary N) is 1. The van der Waals surface area contributed by atoms with Crippen LogP contribution in [0.2, 0.25) is 0 Å². The highest BCUT2D eigenvalue weighted by Gasteiger charge is 2.28. The predicted molar refractivity (Wildman–Crippen MR) is 117 cm³/mol. The summed E-state index contributed by atoms with van der Waals surface area (Å²) in [5, 5.41) is 14.2. The summed E-state index contributed by atoms with van der Waals surface area (Å²) in [5.74, 6) is -0.316. The zero-order valence-electron chi connectivity index (χ0n) is 17.5. The molecule has 0 saturated heterocycles. The highest BCUT2D eigenvalue weighted by Crippen LogP contribution is 2.44. The summed E-state index contributed by atoms with van der Waals surface area (Å²) < 4.78 is 20.3. The maximum absolute atomic E-state index is 14.7. The number of ether oxygens (including phenoxy) is 1. The maximum Gasteiger partial charge on any atom is 0.252 e. The fourth-order valence-electron chi connectivity index (χ4n) is 3.83. The third kappa shape index (κ3) is 4.76. The summed E-state index contributed by atoms with van der Waals surface area (Å²) in [4.78, 5) is 20.6. The second-order valence-electron chi connectivity index (χ2n) is 8.00. The van der Waals surface area contributed by atoms with Gasteiger partial charge in [-0.25, -0.2) is 14.4 Å². The van der Waals surface area contributed by atoms with Crippen molar-refractivity contribution in [2.24, 2.45) is 5.73 Å². The van der Waals surface area contributed by atoms with Gasteiger partial charge >= 0.3 is 0 Å². The minimum absolute atomic E-state index is 0.00883. The lowest BCUT2D eigenvalue weighted by Crippen LogP contribution is -2.32. The van der Waals surface area contributed by atoms with Gasteiger partial charge in [-0.1, -0.05) is 6.42 Å². The van der Waals surface area contributed by atoms with Gasteiger partial charge in [0.15, 0.2) is 11.6 Å². The zero-order valence-corrected chi connectivity index (χ0v) is 17.5. The number of rotatable bonds is 8. The first kappa shape index (κ1) is 21.0. The highest BCUT2D eigenvalue weighted by molar-refractivity contribution is 5.98. The summed E-state index contributed by atoms with van der Waals surface area (Å²) >= 11 is 0. The number of hydrogen-bond acceptors (Lipinski definition) is 7. The van der Waals surface area contributed by atoms with E-state index in [2.05, 4.69) is 20.6 Å². The lowest BCUT2D eigenvalue weighted by atomic mass is 9.93. The van der Waals surface area contributed by atoms with Crippen LogP contribution in [-0.2, 0) is 0 Å². The third-order valence-electron chi connectivity index (χ3n) is 5.60. The lowest BCUT2D eigenvalue weighted by molar-refractivity contribution is 0.100. The molecule has 9 heteroatoms. The van der Waals surface area contributed by atoms with Gasteiger partial charge in [-0.05, 0) is 57.1 Å². The van der Waals surface area contributed by atoms with Crippen LogP contribution in [-0.4, -0.2) is 34.2 Å². The Bertz CT molecular complexity index is 1010. The van der Waals surface area contributed by atoms with Crippen LogP contribution < -0.4 is 21.1 Å². The number of aromatic nitrogens is 2. The summed E-state index contributed by atoms with van der Waals surface area (Å²) in [6.07, 6.45) is 7.11. The quantitative estimate of drug-likeness (QED) is 0.503. The second kappa shape index (κ2) is 8.87.